The summed E-state index contributed by atoms with van der Waals surface area (Å²) in [6.45, 7) is 2.21. The molecule has 3 fully saturated rings. The first-order chi connectivity index (χ1) is 19.9. The van der Waals surface area contributed by atoms with Crippen LogP contribution in [0.4, 0.5) is 0 Å². The molecule has 6 atom stereocenters. The predicted octanol–water partition coefficient (Wildman–Crippen LogP) is 6.52. The third-order valence-corrected chi connectivity index (χ3v) is 11.2. The maximum Gasteiger partial charge on any atom is 0.367 e. The molecule has 6 unspecified atom stereocenters. The van der Waals surface area contributed by atoms with Gasteiger partial charge in [0.15, 0.2) is 5.43 Å². The van der Waals surface area contributed by atoms with E-state index in [9.17, 15) is 14.7 Å². The summed E-state index contributed by atoms with van der Waals surface area (Å²) in [5.74, 6) is 4.47. The van der Waals surface area contributed by atoms with Crippen molar-refractivity contribution in [2.24, 2.45) is 34.2 Å². The molecule has 0 saturated heterocycles. The lowest BCUT2D eigenvalue weighted by Crippen LogP contribution is -2.53. The number of allylic oxidation sites excluding steroid dienone is 2. The molecule has 0 radical (unpaired) electrons. The lowest BCUT2D eigenvalue weighted by molar-refractivity contribution is -0.0989. The summed E-state index contributed by atoms with van der Waals surface area (Å²) >= 11 is 0. The van der Waals surface area contributed by atoms with E-state index in [1.165, 1.54) is 5.57 Å². The predicted molar refractivity (Wildman–Crippen MR) is 160 cm³/mol. The Morgan fingerprint density at radius 2 is 1.90 bits per heavy atom. The number of nitrogens with zero attached hydrogens (tertiary/aromatic N) is 1. The van der Waals surface area contributed by atoms with Gasteiger partial charge in [0.2, 0.25) is 0 Å². The molecule has 210 valence electrons. The van der Waals surface area contributed by atoms with Gasteiger partial charge in [-0.15, -0.1) is 6.42 Å². The summed E-state index contributed by atoms with van der Waals surface area (Å²) in [4.78, 5) is 34.9. The Hall–Kier alpha value is -3.69. The lowest BCUT2D eigenvalue weighted by atomic mass is 9.49. The summed E-state index contributed by atoms with van der Waals surface area (Å²) in [5, 5.41) is 16.7. The van der Waals surface area contributed by atoms with E-state index >= 15 is 0 Å². The lowest BCUT2D eigenvalue weighted by Gasteiger charge is -2.56. The minimum Gasteiger partial charge on any atom is -0.377 e. The van der Waals surface area contributed by atoms with Crippen molar-refractivity contribution in [1.29, 1.82) is 0 Å². The van der Waals surface area contributed by atoms with Crippen LogP contribution in [0.2, 0.25) is 0 Å². The SMILES string of the molecule is C#CC1(O)CCC2C3CCC4=CC(=NOC(=O)c5cccc6c(=O)c7ccccc7[nH]c56)CCC4C3CCC21CC. The van der Waals surface area contributed by atoms with Crippen LogP contribution in [0.25, 0.3) is 21.8 Å². The molecule has 3 aromatic rings. The van der Waals surface area contributed by atoms with Crippen molar-refractivity contribution in [3.63, 3.8) is 0 Å². The van der Waals surface area contributed by atoms with Crippen LogP contribution in [0.1, 0.15) is 75.1 Å². The van der Waals surface area contributed by atoms with Crippen LogP contribution in [-0.4, -0.2) is 27.4 Å². The molecule has 4 aliphatic rings. The number of aliphatic hydroxyl groups is 1. The highest BCUT2D eigenvalue weighted by molar-refractivity contribution is 6.06. The number of oxime groups is 1. The first-order valence-corrected chi connectivity index (χ1v) is 15.1. The summed E-state index contributed by atoms with van der Waals surface area (Å²) in [6.07, 6.45) is 16.7. The highest BCUT2D eigenvalue weighted by Crippen LogP contribution is 2.66. The molecule has 1 heterocycles. The van der Waals surface area contributed by atoms with E-state index < -0.39 is 11.6 Å². The van der Waals surface area contributed by atoms with Crippen LogP contribution in [-0.2, 0) is 4.84 Å². The second kappa shape index (κ2) is 9.70. The van der Waals surface area contributed by atoms with Gasteiger partial charge in [-0.2, -0.15) is 0 Å². The topological polar surface area (TPSA) is 91.8 Å². The van der Waals surface area contributed by atoms with Crippen LogP contribution >= 0.6 is 0 Å². The standard InChI is InChI=1S/C35H36N2O4/c1-3-34-18-16-24-23-15-13-22(20-21(23)12-14-25(24)29(34)17-19-35(34,40)4-2)37-41-33(39)28-10-7-9-27-31(28)36-30-11-6-5-8-26(30)32(27)38/h2,5-11,20,23-25,29,40H,3,12-19H2,1H3,(H,36,38). The van der Waals surface area contributed by atoms with E-state index in [2.05, 4.69) is 29.1 Å². The maximum absolute atomic E-state index is 13.2. The van der Waals surface area contributed by atoms with Crippen molar-refractivity contribution in [3.8, 4) is 12.3 Å². The summed E-state index contributed by atoms with van der Waals surface area (Å²) in [5.41, 5.74) is 2.43. The number of aromatic amines is 1. The second-order valence-corrected chi connectivity index (χ2v) is 12.6. The number of fused-ring (bicyclic) bond motifs is 7. The zero-order chi connectivity index (χ0) is 28.4. The van der Waals surface area contributed by atoms with Gasteiger partial charge in [0.05, 0.1) is 16.8 Å². The number of aromatic nitrogens is 1. The molecule has 4 aliphatic carbocycles. The Labute approximate surface area is 239 Å². The van der Waals surface area contributed by atoms with Gasteiger partial charge in [-0.1, -0.05) is 41.8 Å². The van der Waals surface area contributed by atoms with Crippen LogP contribution < -0.4 is 5.43 Å². The van der Waals surface area contributed by atoms with E-state index in [0.717, 1.165) is 63.5 Å². The van der Waals surface area contributed by atoms with Crippen LogP contribution in [0.5, 0.6) is 0 Å². The molecular weight excluding hydrogens is 512 g/mol. The van der Waals surface area contributed by atoms with Gasteiger partial charge in [0, 0.05) is 21.7 Å². The Bertz CT molecular complexity index is 1730. The van der Waals surface area contributed by atoms with Crippen molar-refractivity contribution in [1.82, 2.24) is 4.98 Å². The van der Waals surface area contributed by atoms with Gasteiger partial charge in [0.25, 0.3) is 0 Å². The average Bonchev–Trinajstić information content (AvgIpc) is 3.32. The number of pyridine rings is 1. The molecule has 41 heavy (non-hydrogen) atoms. The quantitative estimate of drug-likeness (QED) is 0.169. The van der Waals surface area contributed by atoms with Crippen molar-refractivity contribution in [2.45, 2.75) is 70.3 Å². The van der Waals surface area contributed by atoms with Gasteiger partial charge in [-0.05, 0) is 112 Å². The monoisotopic (exact) mass is 548 g/mol. The molecule has 1 aromatic heterocycles. The van der Waals surface area contributed by atoms with Crippen molar-refractivity contribution < 1.29 is 14.7 Å². The molecule has 0 bridgehead atoms. The van der Waals surface area contributed by atoms with E-state index in [-0.39, 0.29) is 10.8 Å². The van der Waals surface area contributed by atoms with Crippen LogP contribution in [0.3, 0.4) is 0 Å². The van der Waals surface area contributed by atoms with Gasteiger partial charge in [-0.25, -0.2) is 4.79 Å². The molecule has 0 spiro atoms. The fraction of sp³-hybridized carbons (Fsp3) is 0.457. The number of carbonyl (C=O) groups is 1. The number of terminal acetylenes is 1. The number of para-hydroxylation sites is 2. The highest BCUT2D eigenvalue weighted by atomic mass is 16.7. The smallest absolute Gasteiger partial charge is 0.367 e. The molecular formula is C35H36N2O4. The first kappa shape index (κ1) is 26.2. The molecule has 0 aliphatic heterocycles. The van der Waals surface area contributed by atoms with E-state index in [1.807, 2.05) is 18.2 Å². The van der Waals surface area contributed by atoms with E-state index in [1.54, 1.807) is 24.3 Å². The molecule has 7 rings (SSSR count). The number of benzene rings is 2. The largest absolute Gasteiger partial charge is 0.377 e. The number of rotatable bonds is 3. The number of hydrogen-bond donors (Lipinski definition) is 2. The van der Waals surface area contributed by atoms with Gasteiger partial charge >= 0.3 is 5.97 Å². The second-order valence-electron chi connectivity index (χ2n) is 12.6. The summed E-state index contributed by atoms with van der Waals surface area (Å²) in [6, 6.07) is 12.4. The molecule has 2 aromatic carbocycles. The van der Waals surface area contributed by atoms with Gasteiger partial charge < -0.3 is 14.9 Å². The number of nitrogens with one attached hydrogen (secondary N) is 1. The highest BCUT2D eigenvalue weighted by Gasteiger charge is 2.63. The Balaban J connectivity index is 1.11. The molecule has 0 amide bonds. The van der Waals surface area contributed by atoms with E-state index in [0.29, 0.717) is 51.0 Å². The van der Waals surface area contributed by atoms with Gasteiger partial charge in [-0.3, -0.25) is 4.79 Å². The van der Waals surface area contributed by atoms with Crippen molar-refractivity contribution in [3.05, 3.63) is 69.9 Å². The molecule has 3 saturated carbocycles. The summed E-state index contributed by atoms with van der Waals surface area (Å²) in [7, 11) is 0. The number of H-pyrrole nitrogens is 1. The zero-order valence-electron chi connectivity index (χ0n) is 23.5. The maximum atomic E-state index is 13.2. The minimum atomic E-state index is -0.964. The van der Waals surface area contributed by atoms with Crippen LogP contribution in [0, 0.1) is 41.4 Å². The van der Waals surface area contributed by atoms with Crippen molar-refractivity contribution in [2.75, 3.05) is 0 Å². The fourth-order valence-electron chi connectivity index (χ4n) is 9.31. The third kappa shape index (κ3) is 3.85. The number of carbonyl (C=O) groups excluding carboxylic acids is 1. The van der Waals surface area contributed by atoms with Crippen molar-refractivity contribution >= 4 is 33.5 Å². The normalized spacial score (nSPS) is 33.5. The number of hydrogen-bond acceptors (Lipinski definition) is 5. The molecule has 2 N–H and O–H groups in total. The third-order valence-electron chi connectivity index (χ3n) is 11.2. The Kier molecular flexibility index (Phi) is 6.21. The Morgan fingerprint density at radius 3 is 2.73 bits per heavy atom. The summed E-state index contributed by atoms with van der Waals surface area (Å²) < 4.78 is 0. The molecule has 6 nitrogen and oxygen atoms in total. The Morgan fingerprint density at radius 1 is 1.07 bits per heavy atom. The van der Waals surface area contributed by atoms with Gasteiger partial charge in [0.1, 0.15) is 5.60 Å². The zero-order valence-corrected chi connectivity index (χ0v) is 23.5. The molecule has 6 heteroatoms. The minimum absolute atomic E-state index is 0.116. The van der Waals surface area contributed by atoms with Crippen LogP contribution in [0.15, 0.2) is 64.1 Å². The first-order valence-electron chi connectivity index (χ1n) is 15.1. The average molecular weight is 549 g/mol. The fourth-order valence-corrected chi connectivity index (χ4v) is 9.31. The van der Waals surface area contributed by atoms with E-state index in [4.69, 9.17) is 11.3 Å².